The van der Waals surface area contributed by atoms with Crippen molar-refractivity contribution < 1.29 is 23.9 Å². The highest BCUT2D eigenvalue weighted by Gasteiger charge is 2.27. The molecule has 1 heterocycles. The van der Waals surface area contributed by atoms with E-state index in [1.54, 1.807) is 62.4 Å². The lowest BCUT2D eigenvalue weighted by Crippen LogP contribution is -2.15. The lowest BCUT2D eigenvalue weighted by Gasteiger charge is -2.09. The number of amides is 2. The predicted octanol–water partition coefficient (Wildman–Crippen LogP) is 5.40. The number of methoxy groups -OCH3 is 1. The molecule has 2 N–H and O–H groups in total. The first-order chi connectivity index (χ1) is 15.3. The van der Waals surface area contributed by atoms with Crippen LogP contribution in [0, 0.1) is 6.92 Å². The lowest BCUT2D eigenvalue weighted by molar-refractivity contribution is 0.0527. The van der Waals surface area contributed by atoms with Crippen LogP contribution in [0.15, 0.2) is 48.5 Å². The van der Waals surface area contributed by atoms with E-state index in [0.717, 1.165) is 11.3 Å². The van der Waals surface area contributed by atoms with Crippen molar-refractivity contribution in [3.8, 4) is 5.75 Å². The lowest BCUT2D eigenvalue weighted by atomic mass is 10.1. The summed E-state index contributed by atoms with van der Waals surface area (Å²) in [5, 5.41) is 6.17. The Morgan fingerprint density at radius 3 is 2.47 bits per heavy atom. The molecule has 0 atom stereocenters. The van der Waals surface area contributed by atoms with Crippen LogP contribution in [0.5, 0.6) is 5.75 Å². The van der Waals surface area contributed by atoms with E-state index in [-0.39, 0.29) is 22.0 Å². The molecule has 0 bridgehead atoms. The third-order valence-electron chi connectivity index (χ3n) is 4.49. The zero-order valence-electron chi connectivity index (χ0n) is 17.7. The summed E-state index contributed by atoms with van der Waals surface area (Å²) in [5.74, 6) is -1.15. The van der Waals surface area contributed by atoms with E-state index in [4.69, 9.17) is 21.1 Å². The number of thiophene rings is 1. The Bertz CT molecular complexity index is 1170. The molecule has 0 spiro atoms. The highest BCUT2D eigenvalue weighted by Crippen LogP contribution is 2.35. The Balaban J connectivity index is 1.96. The second-order valence-electron chi connectivity index (χ2n) is 6.60. The molecule has 0 radical (unpaired) electrons. The number of carbonyl (C=O) groups is 3. The number of ether oxygens (including phenoxy) is 2. The van der Waals surface area contributed by atoms with Gasteiger partial charge in [-0.1, -0.05) is 29.8 Å². The summed E-state index contributed by atoms with van der Waals surface area (Å²) in [6, 6.07) is 13.4. The molecule has 32 heavy (non-hydrogen) atoms. The number of hydrogen-bond donors (Lipinski definition) is 2. The molecule has 7 nitrogen and oxygen atoms in total. The number of nitrogens with one attached hydrogen (secondary N) is 2. The fourth-order valence-electron chi connectivity index (χ4n) is 3.02. The Morgan fingerprint density at radius 2 is 1.78 bits per heavy atom. The molecular weight excluding hydrogens is 452 g/mol. The molecule has 166 valence electrons. The molecule has 0 saturated heterocycles. The van der Waals surface area contributed by atoms with Crippen LogP contribution in [0.3, 0.4) is 0 Å². The molecule has 0 aliphatic heterocycles. The highest BCUT2D eigenvalue weighted by molar-refractivity contribution is 7.19. The Labute approximate surface area is 194 Å². The monoisotopic (exact) mass is 472 g/mol. The van der Waals surface area contributed by atoms with Gasteiger partial charge in [0.05, 0.1) is 29.7 Å². The van der Waals surface area contributed by atoms with E-state index in [9.17, 15) is 14.4 Å². The molecule has 0 aliphatic rings. The molecule has 0 fully saturated rings. The fourth-order valence-corrected chi connectivity index (χ4v) is 4.30. The van der Waals surface area contributed by atoms with Crippen LogP contribution in [0.1, 0.15) is 42.9 Å². The van der Waals surface area contributed by atoms with Gasteiger partial charge in [0.15, 0.2) is 0 Å². The van der Waals surface area contributed by atoms with Crippen molar-refractivity contribution in [2.75, 3.05) is 24.4 Å². The quantitative estimate of drug-likeness (QED) is 0.449. The zero-order valence-corrected chi connectivity index (χ0v) is 19.2. The fraction of sp³-hybridized carbons (Fsp3) is 0.174. The van der Waals surface area contributed by atoms with Gasteiger partial charge in [-0.2, -0.15) is 0 Å². The first-order valence-corrected chi connectivity index (χ1v) is 10.9. The third-order valence-corrected chi connectivity index (χ3v) is 5.93. The van der Waals surface area contributed by atoms with E-state index < -0.39 is 17.8 Å². The van der Waals surface area contributed by atoms with E-state index in [2.05, 4.69) is 10.6 Å². The second kappa shape index (κ2) is 10.3. The molecule has 2 amide bonds. The molecule has 0 unspecified atom stereocenters. The summed E-state index contributed by atoms with van der Waals surface area (Å²) < 4.78 is 10.4. The average molecular weight is 473 g/mol. The predicted molar refractivity (Wildman–Crippen MR) is 125 cm³/mol. The molecule has 0 aliphatic carbocycles. The maximum absolute atomic E-state index is 12.9. The summed E-state index contributed by atoms with van der Waals surface area (Å²) >= 11 is 6.97. The van der Waals surface area contributed by atoms with Crippen molar-refractivity contribution in [2.24, 2.45) is 0 Å². The van der Waals surface area contributed by atoms with Crippen molar-refractivity contribution in [2.45, 2.75) is 13.8 Å². The minimum Gasteiger partial charge on any atom is -0.496 e. The third kappa shape index (κ3) is 5.09. The van der Waals surface area contributed by atoms with Crippen LogP contribution in [-0.4, -0.2) is 31.5 Å². The van der Waals surface area contributed by atoms with Gasteiger partial charge in [-0.25, -0.2) is 4.79 Å². The second-order valence-corrected chi connectivity index (χ2v) is 8.06. The topological polar surface area (TPSA) is 93.7 Å². The number of hydrogen-bond acceptors (Lipinski definition) is 6. The summed E-state index contributed by atoms with van der Waals surface area (Å²) in [4.78, 5) is 38.7. The van der Waals surface area contributed by atoms with Gasteiger partial charge in [0.25, 0.3) is 11.8 Å². The summed E-state index contributed by atoms with van der Waals surface area (Å²) in [7, 11) is 1.46. The van der Waals surface area contributed by atoms with Gasteiger partial charge in [0.2, 0.25) is 0 Å². The minimum absolute atomic E-state index is 0.136. The maximum atomic E-state index is 12.9. The zero-order chi connectivity index (χ0) is 23.3. The van der Waals surface area contributed by atoms with Crippen molar-refractivity contribution >= 4 is 51.4 Å². The van der Waals surface area contributed by atoms with E-state index in [1.165, 1.54) is 7.11 Å². The largest absolute Gasteiger partial charge is 0.496 e. The SMILES string of the molecule is CCOC(=O)c1c(NC(=O)c2ccccc2OC)sc(C(=O)Nc2cccc(Cl)c2)c1C. The normalized spacial score (nSPS) is 10.4. The van der Waals surface area contributed by atoms with Crippen LogP contribution < -0.4 is 15.4 Å². The smallest absolute Gasteiger partial charge is 0.341 e. The van der Waals surface area contributed by atoms with E-state index >= 15 is 0 Å². The Morgan fingerprint density at radius 1 is 1.03 bits per heavy atom. The molecule has 3 aromatic rings. The summed E-state index contributed by atoms with van der Waals surface area (Å²) in [6.07, 6.45) is 0. The van der Waals surface area contributed by atoms with Crippen molar-refractivity contribution in [1.82, 2.24) is 0 Å². The van der Waals surface area contributed by atoms with Gasteiger partial charge in [-0.15, -0.1) is 11.3 Å². The number of benzene rings is 2. The first-order valence-electron chi connectivity index (χ1n) is 9.67. The Hall–Kier alpha value is -3.36. The van der Waals surface area contributed by atoms with Crippen LogP contribution >= 0.6 is 22.9 Å². The van der Waals surface area contributed by atoms with E-state index in [1.807, 2.05) is 0 Å². The van der Waals surface area contributed by atoms with Crippen molar-refractivity contribution in [3.05, 3.63) is 75.1 Å². The highest BCUT2D eigenvalue weighted by atomic mass is 35.5. The van der Waals surface area contributed by atoms with Crippen molar-refractivity contribution in [3.63, 3.8) is 0 Å². The minimum atomic E-state index is -0.626. The number of para-hydroxylation sites is 1. The average Bonchev–Trinajstić information content (AvgIpc) is 3.09. The van der Waals surface area contributed by atoms with Crippen LogP contribution in [0.2, 0.25) is 5.02 Å². The van der Waals surface area contributed by atoms with Gasteiger partial charge in [0.1, 0.15) is 10.8 Å². The molecule has 9 heteroatoms. The standard InChI is InChI=1S/C23H21ClN2O5S/c1-4-31-23(29)18-13(2)19(21(28)25-15-9-7-8-14(24)12-15)32-22(18)26-20(27)16-10-5-6-11-17(16)30-3/h5-12H,4H2,1-3H3,(H,25,28)(H,26,27). The van der Waals surface area contributed by atoms with Crippen LogP contribution in [0.4, 0.5) is 10.7 Å². The first kappa shape index (κ1) is 23.3. The Kier molecular flexibility index (Phi) is 7.50. The number of rotatable bonds is 7. The number of carbonyl (C=O) groups excluding carboxylic acids is 3. The number of anilines is 2. The molecule has 0 saturated carbocycles. The van der Waals surface area contributed by atoms with Crippen LogP contribution in [0.25, 0.3) is 0 Å². The molecule has 3 rings (SSSR count). The molecule has 1 aromatic heterocycles. The number of esters is 1. The van der Waals surface area contributed by atoms with Gasteiger partial charge in [-0.3, -0.25) is 9.59 Å². The van der Waals surface area contributed by atoms with Crippen LogP contribution in [-0.2, 0) is 4.74 Å². The maximum Gasteiger partial charge on any atom is 0.341 e. The van der Waals surface area contributed by atoms with Gasteiger partial charge in [0, 0.05) is 10.7 Å². The molecule has 2 aromatic carbocycles. The van der Waals surface area contributed by atoms with E-state index in [0.29, 0.717) is 27.6 Å². The van der Waals surface area contributed by atoms with Crippen molar-refractivity contribution in [1.29, 1.82) is 0 Å². The van der Waals surface area contributed by atoms with Gasteiger partial charge in [-0.05, 0) is 49.7 Å². The number of halogens is 1. The summed E-state index contributed by atoms with van der Waals surface area (Å²) in [5.41, 5.74) is 1.34. The van der Waals surface area contributed by atoms with Gasteiger partial charge >= 0.3 is 5.97 Å². The summed E-state index contributed by atoms with van der Waals surface area (Å²) in [6.45, 7) is 3.46. The van der Waals surface area contributed by atoms with Gasteiger partial charge < -0.3 is 20.1 Å². The molecular formula is C23H21ClN2O5S.